The van der Waals surface area contributed by atoms with Crippen LogP contribution in [0.15, 0.2) is 54.6 Å². The molecule has 0 bridgehead atoms. The second-order valence-corrected chi connectivity index (χ2v) is 6.46. The first-order chi connectivity index (χ1) is 11.3. The molecule has 0 amide bonds. The van der Waals surface area contributed by atoms with E-state index in [1.807, 2.05) is 0 Å². The molecule has 1 unspecified atom stereocenters. The summed E-state index contributed by atoms with van der Waals surface area (Å²) in [6.07, 6.45) is 5.01. The minimum Gasteiger partial charge on any atom is -0.489 e. The summed E-state index contributed by atoms with van der Waals surface area (Å²) in [6, 6.07) is 19.2. The zero-order chi connectivity index (χ0) is 15.9. The average molecular weight is 309 g/mol. The van der Waals surface area contributed by atoms with Crippen LogP contribution in [-0.2, 0) is 6.42 Å². The molecule has 2 nitrogen and oxygen atoms in total. The third kappa shape index (κ3) is 4.84. The highest BCUT2D eigenvalue weighted by atomic mass is 16.5. The van der Waals surface area contributed by atoms with Crippen LogP contribution in [0.2, 0.25) is 0 Å². The van der Waals surface area contributed by atoms with E-state index in [1.54, 1.807) is 0 Å². The second kappa shape index (κ2) is 8.16. The number of rotatable bonds is 7. The third-order valence-corrected chi connectivity index (χ3v) is 4.59. The summed E-state index contributed by atoms with van der Waals surface area (Å²) in [6.45, 7) is 5.73. The van der Waals surface area contributed by atoms with Gasteiger partial charge in [0.25, 0.3) is 0 Å². The van der Waals surface area contributed by atoms with Crippen molar-refractivity contribution in [2.24, 2.45) is 0 Å². The van der Waals surface area contributed by atoms with Gasteiger partial charge in [0.05, 0.1) is 0 Å². The predicted molar refractivity (Wildman–Crippen MR) is 96.1 cm³/mol. The standard InChI is InChI=1S/C21H27NO/c1-2-20(17-22-14-6-7-15-22)23-21-12-10-19(11-13-21)16-18-8-4-3-5-9-18/h3-5,8-13,20H,2,6-7,14-17H2,1H3. The second-order valence-electron chi connectivity index (χ2n) is 6.46. The molecular formula is C21H27NO. The lowest BCUT2D eigenvalue weighted by atomic mass is 10.1. The van der Waals surface area contributed by atoms with Crippen LogP contribution in [0.4, 0.5) is 0 Å². The van der Waals surface area contributed by atoms with E-state index in [0.29, 0.717) is 6.10 Å². The van der Waals surface area contributed by atoms with Crippen LogP contribution in [0.1, 0.15) is 37.3 Å². The fourth-order valence-corrected chi connectivity index (χ4v) is 3.21. The molecule has 1 aliphatic heterocycles. The summed E-state index contributed by atoms with van der Waals surface area (Å²) < 4.78 is 6.19. The van der Waals surface area contributed by atoms with E-state index in [9.17, 15) is 0 Å². The smallest absolute Gasteiger partial charge is 0.119 e. The van der Waals surface area contributed by atoms with Crippen molar-refractivity contribution in [2.45, 2.75) is 38.7 Å². The maximum atomic E-state index is 6.19. The Morgan fingerprint density at radius 3 is 2.22 bits per heavy atom. The summed E-state index contributed by atoms with van der Waals surface area (Å²) in [4.78, 5) is 2.53. The Balaban J connectivity index is 1.55. The van der Waals surface area contributed by atoms with E-state index in [1.165, 1.54) is 37.1 Å². The molecule has 0 radical (unpaired) electrons. The Morgan fingerprint density at radius 2 is 1.57 bits per heavy atom. The lowest BCUT2D eigenvalue weighted by Gasteiger charge is -2.23. The topological polar surface area (TPSA) is 12.5 Å². The lowest BCUT2D eigenvalue weighted by molar-refractivity contribution is 0.143. The molecule has 1 fully saturated rings. The Labute approximate surface area is 140 Å². The fraction of sp³-hybridized carbons (Fsp3) is 0.429. The third-order valence-electron chi connectivity index (χ3n) is 4.59. The van der Waals surface area contributed by atoms with Gasteiger partial charge in [-0.15, -0.1) is 0 Å². The monoisotopic (exact) mass is 309 g/mol. The average Bonchev–Trinajstić information content (AvgIpc) is 3.10. The van der Waals surface area contributed by atoms with Crippen LogP contribution in [0.5, 0.6) is 5.75 Å². The summed E-state index contributed by atoms with van der Waals surface area (Å²) in [5, 5.41) is 0. The molecule has 1 saturated heterocycles. The van der Waals surface area contributed by atoms with Crippen molar-refractivity contribution in [1.82, 2.24) is 4.90 Å². The number of hydrogen-bond donors (Lipinski definition) is 0. The van der Waals surface area contributed by atoms with Gasteiger partial charge >= 0.3 is 0 Å². The molecule has 1 aliphatic rings. The van der Waals surface area contributed by atoms with Crippen LogP contribution < -0.4 is 4.74 Å². The van der Waals surface area contributed by atoms with Crippen LogP contribution in [0.3, 0.4) is 0 Å². The first-order valence-corrected chi connectivity index (χ1v) is 8.85. The first-order valence-electron chi connectivity index (χ1n) is 8.85. The number of hydrogen-bond acceptors (Lipinski definition) is 2. The van der Waals surface area contributed by atoms with Crippen LogP contribution in [0.25, 0.3) is 0 Å². The lowest BCUT2D eigenvalue weighted by Crippen LogP contribution is -2.33. The SMILES string of the molecule is CCC(CN1CCCC1)Oc1ccc(Cc2ccccc2)cc1. The van der Waals surface area contributed by atoms with Crippen molar-refractivity contribution in [3.63, 3.8) is 0 Å². The summed E-state index contributed by atoms with van der Waals surface area (Å²) in [5.41, 5.74) is 2.68. The van der Waals surface area contributed by atoms with E-state index >= 15 is 0 Å². The number of likely N-dealkylation sites (tertiary alicyclic amines) is 1. The molecule has 0 spiro atoms. The predicted octanol–water partition coefficient (Wildman–Crippen LogP) is 4.53. The molecule has 3 rings (SSSR count). The van der Waals surface area contributed by atoms with Crippen molar-refractivity contribution in [2.75, 3.05) is 19.6 Å². The molecular weight excluding hydrogens is 282 g/mol. The molecule has 23 heavy (non-hydrogen) atoms. The highest BCUT2D eigenvalue weighted by Crippen LogP contribution is 2.18. The highest BCUT2D eigenvalue weighted by molar-refractivity contribution is 5.31. The van der Waals surface area contributed by atoms with Crippen LogP contribution in [-0.4, -0.2) is 30.6 Å². The van der Waals surface area contributed by atoms with Crippen molar-refractivity contribution in [1.29, 1.82) is 0 Å². The maximum absolute atomic E-state index is 6.19. The molecule has 2 heteroatoms. The van der Waals surface area contributed by atoms with E-state index in [4.69, 9.17) is 4.74 Å². The van der Waals surface area contributed by atoms with Gasteiger partial charge in [0.1, 0.15) is 11.9 Å². The number of benzene rings is 2. The van der Waals surface area contributed by atoms with E-state index in [2.05, 4.69) is 66.4 Å². The zero-order valence-electron chi connectivity index (χ0n) is 14.1. The molecule has 0 aromatic heterocycles. The molecule has 0 N–H and O–H groups in total. The molecule has 2 aromatic rings. The van der Waals surface area contributed by atoms with Gasteiger partial charge in [-0.3, -0.25) is 4.90 Å². The Hall–Kier alpha value is -1.80. The minimum atomic E-state index is 0.299. The molecule has 1 heterocycles. The summed E-state index contributed by atoms with van der Waals surface area (Å²) >= 11 is 0. The Kier molecular flexibility index (Phi) is 5.71. The molecule has 122 valence electrons. The van der Waals surface area contributed by atoms with Gasteiger partial charge < -0.3 is 4.74 Å². The molecule has 1 atom stereocenters. The van der Waals surface area contributed by atoms with Gasteiger partial charge in [-0.25, -0.2) is 0 Å². The largest absolute Gasteiger partial charge is 0.489 e. The molecule has 2 aromatic carbocycles. The van der Waals surface area contributed by atoms with Gasteiger partial charge in [0.2, 0.25) is 0 Å². The maximum Gasteiger partial charge on any atom is 0.119 e. The highest BCUT2D eigenvalue weighted by Gasteiger charge is 2.17. The summed E-state index contributed by atoms with van der Waals surface area (Å²) in [7, 11) is 0. The van der Waals surface area contributed by atoms with Gasteiger partial charge in [0, 0.05) is 6.54 Å². The normalized spacial score (nSPS) is 16.4. The fourth-order valence-electron chi connectivity index (χ4n) is 3.21. The Morgan fingerprint density at radius 1 is 0.913 bits per heavy atom. The number of nitrogens with zero attached hydrogens (tertiary/aromatic N) is 1. The summed E-state index contributed by atoms with van der Waals surface area (Å²) in [5.74, 6) is 0.993. The number of ether oxygens (including phenoxy) is 1. The Bertz CT molecular complexity index is 573. The van der Waals surface area contributed by atoms with Crippen molar-refractivity contribution < 1.29 is 4.74 Å². The zero-order valence-corrected chi connectivity index (χ0v) is 14.1. The van der Waals surface area contributed by atoms with Crippen molar-refractivity contribution in [3.8, 4) is 5.75 Å². The van der Waals surface area contributed by atoms with Gasteiger partial charge in [-0.2, -0.15) is 0 Å². The van der Waals surface area contributed by atoms with Gasteiger partial charge in [-0.05, 0) is 62.0 Å². The van der Waals surface area contributed by atoms with Gasteiger partial charge in [-0.1, -0.05) is 49.4 Å². The van der Waals surface area contributed by atoms with Gasteiger partial charge in [0.15, 0.2) is 0 Å². The van der Waals surface area contributed by atoms with Crippen molar-refractivity contribution >= 4 is 0 Å². The van der Waals surface area contributed by atoms with Crippen molar-refractivity contribution in [3.05, 3.63) is 65.7 Å². The van der Waals surface area contributed by atoms with Crippen LogP contribution >= 0.6 is 0 Å². The van der Waals surface area contributed by atoms with E-state index in [0.717, 1.165) is 25.1 Å². The van der Waals surface area contributed by atoms with Crippen LogP contribution in [0, 0.1) is 0 Å². The van der Waals surface area contributed by atoms with E-state index in [-0.39, 0.29) is 0 Å². The van der Waals surface area contributed by atoms with E-state index < -0.39 is 0 Å². The minimum absolute atomic E-state index is 0.299. The first kappa shape index (κ1) is 16.1. The molecule has 0 saturated carbocycles. The quantitative estimate of drug-likeness (QED) is 0.745. The molecule has 0 aliphatic carbocycles.